The second-order valence-electron chi connectivity index (χ2n) is 9.42. The van der Waals surface area contributed by atoms with Gasteiger partial charge in [-0.3, -0.25) is 19.4 Å². The van der Waals surface area contributed by atoms with Crippen LogP contribution in [0.4, 0.5) is 5.82 Å². The van der Waals surface area contributed by atoms with Crippen LogP contribution < -0.4 is 11.1 Å². The van der Waals surface area contributed by atoms with Crippen LogP contribution in [0.1, 0.15) is 55.3 Å². The lowest BCUT2D eigenvalue weighted by atomic mass is 10.1. The Kier molecular flexibility index (Phi) is 9.23. The van der Waals surface area contributed by atoms with E-state index in [9.17, 15) is 9.59 Å². The van der Waals surface area contributed by atoms with Crippen molar-refractivity contribution in [2.45, 2.75) is 39.2 Å². The van der Waals surface area contributed by atoms with Crippen molar-refractivity contribution in [3.63, 3.8) is 0 Å². The number of imidazole rings is 1. The third kappa shape index (κ3) is 6.18. The molecule has 1 fully saturated rings. The van der Waals surface area contributed by atoms with Crippen molar-refractivity contribution in [1.29, 1.82) is 5.41 Å². The van der Waals surface area contributed by atoms with Crippen molar-refractivity contribution in [2.75, 3.05) is 26.0 Å². The first-order valence-electron chi connectivity index (χ1n) is 13.3. The molecular formula is C30H35N7O3. The van der Waals surface area contributed by atoms with Gasteiger partial charge in [-0.15, -0.1) is 0 Å². The predicted molar refractivity (Wildman–Crippen MR) is 156 cm³/mol. The number of nitrogens with two attached hydrogens (primary N) is 1. The highest BCUT2D eigenvalue weighted by molar-refractivity contribution is 6.09. The molecule has 0 aliphatic carbocycles. The molecule has 1 atom stereocenters. The number of ether oxygens (including phenoxy) is 1. The number of amidine groups is 1. The Morgan fingerprint density at radius 2 is 2.02 bits per heavy atom. The number of nitrogens with one attached hydrogen (secondary N) is 2. The monoisotopic (exact) mass is 541 g/mol. The summed E-state index contributed by atoms with van der Waals surface area (Å²) in [5.41, 5.74) is 9.70. The van der Waals surface area contributed by atoms with Gasteiger partial charge in [-0.2, -0.15) is 0 Å². The molecule has 4 rings (SSSR count). The van der Waals surface area contributed by atoms with Gasteiger partial charge in [0.2, 0.25) is 5.91 Å². The molecule has 4 N–H and O–H groups in total. The number of methoxy groups -OCH3 is 1. The molecule has 40 heavy (non-hydrogen) atoms. The van der Waals surface area contributed by atoms with Gasteiger partial charge in [-0.1, -0.05) is 37.3 Å². The lowest BCUT2D eigenvalue weighted by molar-refractivity contribution is -0.127. The van der Waals surface area contributed by atoms with E-state index in [4.69, 9.17) is 20.9 Å². The van der Waals surface area contributed by atoms with Gasteiger partial charge < -0.3 is 20.7 Å². The van der Waals surface area contributed by atoms with E-state index in [0.29, 0.717) is 41.6 Å². The molecule has 0 unspecified atom stereocenters. The maximum atomic E-state index is 12.9. The van der Waals surface area contributed by atoms with E-state index in [0.717, 1.165) is 30.4 Å². The van der Waals surface area contributed by atoms with Crippen molar-refractivity contribution in [3.05, 3.63) is 84.0 Å². The number of rotatable bonds is 9. The topological polar surface area (TPSA) is 139 Å². The zero-order chi connectivity index (χ0) is 28.6. The fourth-order valence-electron chi connectivity index (χ4n) is 4.84. The summed E-state index contributed by atoms with van der Waals surface area (Å²) in [6.07, 6.45) is 14.5. The lowest BCUT2D eigenvalue weighted by Crippen LogP contribution is -2.30. The molecule has 2 amide bonds. The van der Waals surface area contributed by atoms with Crippen LogP contribution in [0.15, 0.2) is 72.6 Å². The van der Waals surface area contributed by atoms with Crippen molar-refractivity contribution in [1.82, 2.24) is 24.6 Å². The molecule has 3 heterocycles. The summed E-state index contributed by atoms with van der Waals surface area (Å²) in [5.74, 6) is 0.594. The average Bonchev–Trinajstić information content (AvgIpc) is 3.59. The standard InChI is InChI=1S/C30H35N7O3/c1-4-8-20(5-2)19-24(31)34-30(39)22-13-11-21(12-14-22)26-27-28(32)33-15-17-37(27)29(35-26)23-9-6-16-36(23)25(38)10-7-18-40-3/h4,7-8,10-15,17,19,23H,5-6,9,16,18H2,1-3H3,(H2,32,33)(H2,31,34,39)/b8-4-,10-7+,20-19-/t23-/m0/s1. The molecule has 0 bridgehead atoms. The SMILES string of the molecule is C/C=C\C(=C/C(=N)NC(=O)c1ccc(-c2nc([C@@H]3CCCN3C(=O)/C=C/COC)n3ccnc(N)c23)cc1)CC. The number of benzene rings is 1. The number of likely N-dealkylation sites (tertiary alicyclic amines) is 1. The molecule has 1 saturated heterocycles. The number of nitrogens with zero attached hydrogens (tertiary/aromatic N) is 4. The Morgan fingerprint density at radius 1 is 1.25 bits per heavy atom. The maximum absolute atomic E-state index is 12.9. The molecule has 3 aromatic rings. The van der Waals surface area contributed by atoms with Gasteiger partial charge in [0.25, 0.3) is 5.91 Å². The predicted octanol–water partition coefficient (Wildman–Crippen LogP) is 4.46. The second-order valence-corrected chi connectivity index (χ2v) is 9.42. The fourth-order valence-corrected chi connectivity index (χ4v) is 4.84. The molecule has 2 aromatic heterocycles. The lowest BCUT2D eigenvalue weighted by Gasteiger charge is -2.22. The zero-order valence-corrected chi connectivity index (χ0v) is 23.1. The van der Waals surface area contributed by atoms with Crippen molar-refractivity contribution >= 4 is 29.0 Å². The minimum absolute atomic E-state index is 0.0281. The van der Waals surface area contributed by atoms with E-state index in [1.54, 1.807) is 55.9 Å². The molecule has 1 aliphatic heterocycles. The first kappa shape index (κ1) is 28.4. The Labute approximate surface area is 233 Å². The number of carbonyl (C=O) groups excluding carboxylic acids is 2. The largest absolute Gasteiger partial charge is 0.382 e. The first-order valence-corrected chi connectivity index (χ1v) is 13.3. The molecule has 0 spiro atoms. The van der Waals surface area contributed by atoms with E-state index in [1.807, 2.05) is 35.3 Å². The molecule has 10 nitrogen and oxygen atoms in total. The van der Waals surface area contributed by atoms with E-state index < -0.39 is 0 Å². The van der Waals surface area contributed by atoms with Gasteiger partial charge in [0.15, 0.2) is 0 Å². The minimum atomic E-state index is -0.373. The Bertz CT molecular complexity index is 1480. The van der Waals surface area contributed by atoms with Gasteiger partial charge in [-0.05, 0) is 50.0 Å². The van der Waals surface area contributed by atoms with Crippen LogP contribution in [0.5, 0.6) is 0 Å². The van der Waals surface area contributed by atoms with Gasteiger partial charge in [0, 0.05) is 43.3 Å². The van der Waals surface area contributed by atoms with E-state index in [2.05, 4.69) is 10.3 Å². The number of anilines is 1. The highest BCUT2D eigenvalue weighted by Gasteiger charge is 2.33. The van der Waals surface area contributed by atoms with E-state index in [-0.39, 0.29) is 23.7 Å². The second kappa shape index (κ2) is 13.0. The molecule has 1 aromatic carbocycles. The van der Waals surface area contributed by atoms with Gasteiger partial charge in [0.1, 0.15) is 28.7 Å². The number of hydrogen-bond acceptors (Lipinski definition) is 7. The first-order chi connectivity index (χ1) is 19.4. The molecule has 208 valence electrons. The van der Waals surface area contributed by atoms with Crippen molar-refractivity contribution in [3.8, 4) is 11.3 Å². The summed E-state index contributed by atoms with van der Waals surface area (Å²) in [6, 6.07) is 6.77. The third-order valence-electron chi connectivity index (χ3n) is 6.76. The summed E-state index contributed by atoms with van der Waals surface area (Å²) in [5, 5.41) is 10.8. The number of allylic oxidation sites excluding steroid dienone is 3. The number of aromatic nitrogens is 3. The Balaban J connectivity index is 1.62. The number of amides is 2. The minimum Gasteiger partial charge on any atom is -0.382 e. The normalized spacial score (nSPS) is 15.9. The molecule has 10 heteroatoms. The molecule has 0 radical (unpaired) electrons. The van der Waals surface area contributed by atoms with Gasteiger partial charge >= 0.3 is 0 Å². The van der Waals surface area contributed by atoms with Crippen LogP contribution in [0, 0.1) is 5.41 Å². The van der Waals surface area contributed by atoms with Crippen LogP contribution in [0.3, 0.4) is 0 Å². The number of carbonyl (C=O) groups is 2. The van der Waals surface area contributed by atoms with E-state index in [1.165, 1.54) is 6.08 Å². The maximum Gasteiger partial charge on any atom is 0.256 e. The number of hydrogen-bond donors (Lipinski definition) is 3. The quantitative estimate of drug-likeness (QED) is 0.158. The van der Waals surface area contributed by atoms with E-state index >= 15 is 0 Å². The summed E-state index contributed by atoms with van der Waals surface area (Å²) in [4.78, 5) is 36.7. The summed E-state index contributed by atoms with van der Waals surface area (Å²) < 4.78 is 6.92. The number of fused-ring (bicyclic) bond motifs is 1. The van der Waals surface area contributed by atoms with Crippen LogP contribution in [0.25, 0.3) is 16.8 Å². The zero-order valence-electron chi connectivity index (χ0n) is 23.1. The highest BCUT2D eigenvalue weighted by Crippen LogP contribution is 2.36. The Hall–Kier alpha value is -4.57. The summed E-state index contributed by atoms with van der Waals surface area (Å²) in [6.45, 7) is 4.91. The van der Waals surface area contributed by atoms with Gasteiger partial charge in [-0.25, -0.2) is 9.97 Å². The molecular weight excluding hydrogens is 506 g/mol. The molecule has 1 aliphatic rings. The molecule has 0 saturated carbocycles. The summed E-state index contributed by atoms with van der Waals surface area (Å²) in [7, 11) is 1.58. The van der Waals surface area contributed by atoms with Crippen molar-refractivity contribution in [2.24, 2.45) is 0 Å². The van der Waals surface area contributed by atoms with Crippen LogP contribution >= 0.6 is 0 Å². The summed E-state index contributed by atoms with van der Waals surface area (Å²) >= 11 is 0. The van der Waals surface area contributed by atoms with Crippen LogP contribution in [0.2, 0.25) is 0 Å². The van der Waals surface area contributed by atoms with Crippen LogP contribution in [-0.4, -0.2) is 57.2 Å². The fraction of sp³-hybridized carbons (Fsp3) is 0.300. The van der Waals surface area contributed by atoms with Gasteiger partial charge in [0.05, 0.1) is 12.6 Å². The smallest absolute Gasteiger partial charge is 0.256 e. The van der Waals surface area contributed by atoms with Crippen LogP contribution in [-0.2, 0) is 9.53 Å². The third-order valence-corrected chi connectivity index (χ3v) is 6.76. The highest BCUT2D eigenvalue weighted by atomic mass is 16.5. The Morgan fingerprint density at radius 3 is 2.73 bits per heavy atom. The number of nitrogen functional groups attached to an aromatic ring is 1. The van der Waals surface area contributed by atoms with Crippen molar-refractivity contribution < 1.29 is 14.3 Å². The average molecular weight is 542 g/mol.